The van der Waals surface area contributed by atoms with Gasteiger partial charge in [-0.3, -0.25) is 9.59 Å². The Bertz CT molecular complexity index is 544. The van der Waals surface area contributed by atoms with E-state index in [0.717, 1.165) is 5.56 Å². The van der Waals surface area contributed by atoms with Crippen LogP contribution in [-0.4, -0.2) is 42.3 Å². The summed E-state index contributed by atoms with van der Waals surface area (Å²) in [6.45, 7) is 5.64. The molecule has 1 aromatic carbocycles. The van der Waals surface area contributed by atoms with E-state index < -0.39 is 11.5 Å². The van der Waals surface area contributed by atoms with Gasteiger partial charge in [-0.15, -0.1) is 0 Å². The van der Waals surface area contributed by atoms with Crippen molar-refractivity contribution in [3.63, 3.8) is 0 Å². The smallest absolute Gasteiger partial charge is 0.305 e. The van der Waals surface area contributed by atoms with E-state index in [4.69, 9.17) is 14.6 Å². The van der Waals surface area contributed by atoms with Crippen LogP contribution in [0.1, 0.15) is 32.8 Å². The molecule has 0 aliphatic rings. The molecule has 0 spiro atoms. The van der Waals surface area contributed by atoms with E-state index in [1.807, 2.05) is 38.1 Å². The van der Waals surface area contributed by atoms with Gasteiger partial charge in [-0.05, 0) is 38.5 Å². The lowest BCUT2D eigenvalue weighted by Gasteiger charge is -2.28. The number of ether oxygens (including phenoxy) is 2. The Morgan fingerprint density at radius 2 is 2.04 bits per heavy atom. The van der Waals surface area contributed by atoms with Crippen molar-refractivity contribution in [3.05, 3.63) is 29.8 Å². The summed E-state index contributed by atoms with van der Waals surface area (Å²) < 4.78 is 10.6. The van der Waals surface area contributed by atoms with Crippen LogP contribution in [0.2, 0.25) is 0 Å². The number of amides is 1. The molecule has 1 aromatic rings. The van der Waals surface area contributed by atoms with Crippen molar-refractivity contribution < 1.29 is 24.2 Å². The van der Waals surface area contributed by atoms with Gasteiger partial charge in [0.05, 0.1) is 31.1 Å². The highest BCUT2D eigenvalue weighted by atomic mass is 16.5. The third-order valence-electron chi connectivity index (χ3n) is 3.08. The first-order valence-corrected chi connectivity index (χ1v) is 7.51. The summed E-state index contributed by atoms with van der Waals surface area (Å²) in [5.41, 5.74) is -0.139. The molecule has 0 radical (unpaired) electrons. The summed E-state index contributed by atoms with van der Waals surface area (Å²) in [5, 5.41) is 11.7. The van der Waals surface area contributed by atoms with Crippen molar-refractivity contribution in [2.75, 3.05) is 13.7 Å². The standard InChI is InChI=1S/C17H25NO5/c1-12(2)23-14-7-5-6-13(8-14)9-15(19)18-17(3,11-22-4)10-16(20)21/h5-8,12H,9-11H2,1-4H3,(H,18,19)(H,20,21). The Kier molecular flexibility index (Phi) is 7.03. The van der Waals surface area contributed by atoms with Gasteiger partial charge in [0.2, 0.25) is 5.91 Å². The number of hydrogen-bond donors (Lipinski definition) is 2. The quantitative estimate of drug-likeness (QED) is 0.726. The molecule has 0 aromatic heterocycles. The largest absolute Gasteiger partial charge is 0.491 e. The molecule has 0 fully saturated rings. The van der Waals surface area contributed by atoms with Gasteiger partial charge < -0.3 is 19.9 Å². The fraction of sp³-hybridized carbons (Fsp3) is 0.529. The SMILES string of the molecule is COCC(C)(CC(=O)O)NC(=O)Cc1cccc(OC(C)C)c1. The topological polar surface area (TPSA) is 84.9 Å². The molecule has 1 unspecified atom stereocenters. The van der Waals surface area contributed by atoms with E-state index in [0.29, 0.717) is 5.75 Å². The van der Waals surface area contributed by atoms with Crippen LogP contribution in [0.5, 0.6) is 5.75 Å². The first-order valence-electron chi connectivity index (χ1n) is 7.51. The Balaban J connectivity index is 2.72. The van der Waals surface area contributed by atoms with Crippen LogP contribution in [0, 0.1) is 0 Å². The van der Waals surface area contributed by atoms with E-state index in [1.54, 1.807) is 6.92 Å². The average Bonchev–Trinajstić information content (AvgIpc) is 2.36. The lowest BCUT2D eigenvalue weighted by Crippen LogP contribution is -2.51. The fourth-order valence-corrected chi connectivity index (χ4v) is 2.35. The first kappa shape index (κ1) is 19.0. The molecule has 0 heterocycles. The van der Waals surface area contributed by atoms with E-state index in [-0.39, 0.29) is 31.5 Å². The number of methoxy groups -OCH3 is 1. The molecule has 0 aliphatic heterocycles. The van der Waals surface area contributed by atoms with Gasteiger partial charge in [-0.25, -0.2) is 0 Å². The second-order valence-corrected chi connectivity index (χ2v) is 6.10. The zero-order valence-electron chi connectivity index (χ0n) is 14.1. The predicted molar refractivity (Wildman–Crippen MR) is 86.6 cm³/mol. The summed E-state index contributed by atoms with van der Waals surface area (Å²) >= 11 is 0. The van der Waals surface area contributed by atoms with Crippen molar-refractivity contribution in [2.45, 2.75) is 45.3 Å². The highest BCUT2D eigenvalue weighted by molar-refractivity contribution is 5.80. The molecule has 128 valence electrons. The van der Waals surface area contributed by atoms with Crippen LogP contribution in [0.15, 0.2) is 24.3 Å². The highest BCUT2D eigenvalue weighted by Crippen LogP contribution is 2.16. The number of carbonyl (C=O) groups excluding carboxylic acids is 1. The highest BCUT2D eigenvalue weighted by Gasteiger charge is 2.29. The molecular formula is C17H25NO5. The van der Waals surface area contributed by atoms with Gasteiger partial charge in [-0.2, -0.15) is 0 Å². The monoisotopic (exact) mass is 323 g/mol. The maximum Gasteiger partial charge on any atom is 0.305 e. The van der Waals surface area contributed by atoms with Gasteiger partial charge in [-0.1, -0.05) is 12.1 Å². The van der Waals surface area contributed by atoms with Crippen molar-refractivity contribution in [2.24, 2.45) is 0 Å². The van der Waals surface area contributed by atoms with Gasteiger partial charge in [0.1, 0.15) is 5.75 Å². The van der Waals surface area contributed by atoms with Crippen LogP contribution in [0.25, 0.3) is 0 Å². The molecule has 1 amide bonds. The molecule has 6 heteroatoms. The zero-order valence-corrected chi connectivity index (χ0v) is 14.1. The molecule has 2 N–H and O–H groups in total. The molecular weight excluding hydrogens is 298 g/mol. The summed E-state index contributed by atoms with van der Waals surface area (Å²) in [4.78, 5) is 23.2. The summed E-state index contributed by atoms with van der Waals surface area (Å²) in [6.07, 6.45) is -0.00302. The number of rotatable bonds is 9. The Morgan fingerprint density at radius 3 is 2.61 bits per heavy atom. The predicted octanol–water partition coefficient (Wildman–Crippen LogP) is 2.01. The van der Waals surface area contributed by atoms with Gasteiger partial charge >= 0.3 is 5.97 Å². The normalized spacial score (nSPS) is 13.4. The molecule has 23 heavy (non-hydrogen) atoms. The molecule has 0 bridgehead atoms. The van der Waals surface area contributed by atoms with Crippen molar-refractivity contribution in [1.29, 1.82) is 0 Å². The molecule has 1 atom stereocenters. The summed E-state index contributed by atoms with van der Waals surface area (Å²) in [7, 11) is 1.47. The second-order valence-electron chi connectivity index (χ2n) is 6.10. The Labute approximate surface area is 136 Å². The third-order valence-corrected chi connectivity index (χ3v) is 3.08. The van der Waals surface area contributed by atoms with Crippen LogP contribution in [0.3, 0.4) is 0 Å². The number of carbonyl (C=O) groups is 2. The third kappa shape index (κ3) is 7.15. The lowest BCUT2D eigenvalue weighted by atomic mass is 9.98. The van der Waals surface area contributed by atoms with E-state index in [2.05, 4.69) is 5.32 Å². The van der Waals surface area contributed by atoms with E-state index in [9.17, 15) is 9.59 Å². The Morgan fingerprint density at radius 1 is 1.35 bits per heavy atom. The van der Waals surface area contributed by atoms with Crippen molar-refractivity contribution in [3.8, 4) is 5.75 Å². The maximum atomic E-state index is 12.2. The number of carboxylic acid groups (broad SMARTS) is 1. The molecule has 0 saturated carbocycles. The maximum absolute atomic E-state index is 12.2. The number of hydrogen-bond acceptors (Lipinski definition) is 4. The second kappa shape index (κ2) is 8.53. The first-order chi connectivity index (χ1) is 10.7. The fourth-order valence-electron chi connectivity index (χ4n) is 2.35. The summed E-state index contributed by atoms with van der Waals surface area (Å²) in [6, 6.07) is 7.30. The van der Waals surface area contributed by atoms with Crippen LogP contribution < -0.4 is 10.1 Å². The van der Waals surface area contributed by atoms with Crippen LogP contribution in [-0.2, 0) is 20.7 Å². The van der Waals surface area contributed by atoms with Gasteiger partial charge in [0.15, 0.2) is 0 Å². The van der Waals surface area contributed by atoms with Crippen molar-refractivity contribution >= 4 is 11.9 Å². The number of aliphatic carboxylic acids is 1. The zero-order chi connectivity index (χ0) is 17.5. The van der Waals surface area contributed by atoms with Crippen LogP contribution in [0.4, 0.5) is 0 Å². The molecule has 1 rings (SSSR count). The minimum atomic E-state index is -0.989. The molecule has 0 saturated heterocycles. The van der Waals surface area contributed by atoms with E-state index >= 15 is 0 Å². The summed E-state index contributed by atoms with van der Waals surface area (Å²) in [5.74, 6) is -0.542. The van der Waals surface area contributed by atoms with E-state index in [1.165, 1.54) is 7.11 Å². The lowest BCUT2D eigenvalue weighted by molar-refractivity contribution is -0.139. The number of carboxylic acids is 1. The number of nitrogens with one attached hydrogen (secondary N) is 1. The average molecular weight is 323 g/mol. The van der Waals surface area contributed by atoms with Gasteiger partial charge in [0, 0.05) is 7.11 Å². The molecule has 6 nitrogen and oxygen atoms in total. The molecule has 0 aliphatic carbocycles. The Hall–Kier alpha value is -2.08. The van der Waals surface area contributed by atoms with Crippen LogP contribution >= 0.6 is 0 Å². The number of benzene rings is 1. The minimum Gasteiger partial charge on any atom is -0.491 e. The van der Waals surface area contributed by atoms with Crippen molar-refractivity contribution in [1.82, 2.24) is 5.32 Å². The van der Waals surface area contributed by atoms with Gasteiger partial charge in [0.25, 0.3) is 0 Å². The minimum absolute atomic E-state index is 0.0552.